The molecular weight excluding hydrogens is 639 g/mol. The molecule has 0 saturated heterocycles. The molecule has 3 aromatic heterocycles. The van der Waals surface area contributed by atoms with Gasteiger partial charge in [-0.15, -0.1) is 0 Å². The molecule has 0 bridgehead atoms. The molecule has 0 fully saturated rings. The number of oxazole rings is 1. The summed E-state index contributed by atoms with van der Waals surface area (Å²) in [4.78, 5) is 20.3. The highest BCUT2D eigenvalue weighted by Crippen LogP contribution is 2.37. The van der Waals surface area contributed by atoms with Crippen LogP contribution < -0.4 is 0 Å². The quantitative estimate of drug-likeness (QED) is 0.176. The molecule has 7 aromatic carbocycles. The average Bonchev–Trinajstić information content (AvgIpc) is 3.82. The zero-order valence-corrected chi connectivity index (χ0v) is 27.9. The summed E-state index contributed by atoms with van der Waals surface area (Å²) >= 11 is 0. The van der Waals surface area contributed by atoms with Gasteiger partial charge in [-0.3, -0.25) is 4.57 Å². The molecule has 0 radical (unpaired) electrons. The van der Waals surface area contributed by atoms with Crippen LogP contribution in [-0.4, -0.2) is 24.5 Å². The minimum Gasteiger partial charge on any atom is -0.435 e. The van der Waals surface area contributed by atoms with Gasteiger partial charge in [0.25, 0.3) is 0 Å². The molecule has 0 spiro atoms. The second-order valence-electron chi connectivity index (χ2n) is 12.7. The van der Waals surface area contributed by atoms with Gasteiger partial charge in [-0.1, -0.05) is 133 Å². The number of fused-ring (bicyclic) bond motifs is 4. The summed E-state index contributed by atoms with van der Waals surface area (Å²) in [5.74, 6) is 2.13. The first kappa shape index (κ1) is 29.7. The van der Waals surface area contributed by atoms with Crippen LogP contribution >= 0.6 is 0 Å². The maximum atomic E-state index is 6.72. The summed E-state index contributed by atoms with van der Waals surface area (Å²) in [6.45, 7) is 0. The molecule has 0 N–H and O–H groups in total. The number of benzene rings is 7. The van der Waals surface area contributed by atoms with Crippen LogP contribution in [0.3, 0.4) is 0 Å². The number of hydrogen-bond acceptors (Lipinski definition) is 5. The van der Waals surface area contributed by atoms with Gasteiger partial charge in [0, 0.05) is 21.9 Å². The van der Waals surface area contributed by atoms with E-state index in [0.29, 0.717) is 29.1 Å². The Morgan fingerprint density at radius 1 is 0.385 bits per heavy atom. The van der Waals surface area contributed by atoms with E-state index in [-0.39, 0.29) is 0 Å². The molecule has 0 atom stereocenters. The van der Waals surface area contributed by atoms with Crippen molar-refractivity contribution < 1.29 is 4.42 Å². The van der Waals surface area contributed by atoms with E-state index in [1.807, 2.05) is 72.8 Å². The maximum absolute atomic E-state index is 6.72. The Labute approximate surface area is 299 Å². The Morgan fingerprint density at radius 2 is 0.904 bits per heavy atom. The van der Waals surface area contributed by atoms with Gasteiger partial charge in [0.15, 0.2) is 17.2 Å². The van der Waals surface area contributed by atoms with Gasteiger partial charge in [0.1, 0.15) is 5.52 Å². The van der Waals surface area contributed by atoms with Crippen molar-refractivity contribution in [1.82, 2.24) is 24.5 Å². The second kappa shape index (κ2) is 12.3. The van der Waals surface area contributed by atoms with E-state index in [9.17, 15) is 0 Å². The molecule has 6 heteroatoms. The van der Waals surface area contributed by atoms with Crippen molar-refractivity contribution >= 4 is 32.9 Å². The van der Waals surface area contributed by atoms with Crippen molar-refractivity contribution in [3.63, 3.8) is 0 Å². The summed E-state index contributed by atoms with van der Waals surface area (Å²) in [6, 6.07) is 60.0. The predicted octanol–water partition coefficient (Wildman–Crippen LogP) is 11.4. The minimum absolute atomic E-state index is 0.502. The van der Waals surface area contributed by atoms with Gasteiger partial charge in [-0.25, -0.2) is 9.97 Å². The van der Waals surface area contributed by atoms with Crippen LogP contribution in [0, 0.1) is 0 Å². The van der Waals surface area contributed by atoms with Crippen LogP contribution in [0.25, 0.3) is 95.3 Å². The third kappa shape index (κ3) is 5.13. The molecule has 52 heavy (non-hydrogen) atoms. The summed E-state index contributed by atoms with van der Waals surface area (Å²) in [6.07, 6.45) is 0. The largest absolute Gasteiger partial charge is 0.435 e. The molecule has 6 nitrogen and oxygen atoms in total. The second-order valence-corrected chi connectivity index (χ2v) is 12.7. The van der Waals surface area contributed by atoms with Gasteiger partial charge in [-0.05, 0) is 64.7 Å². The lowest BCUT2D eigenvalue weighted by Crippen LogP contribution is -2.06. The molecule has 0 amide bonds. The zero-order valence-electron chi connectivity index (χ0n) is 27.9. The van der Waals surface area contributed by atoms with Crippen LogP contribution in [0.5, 0.6) is 0 Å². The van der Waals surface area contributed by atoms with E-state index in [1.165, 1.54) is 0 Å². The van der Waals surface area contributed by atoms with Crippen molar-refractivity contribution in [3.8, 4) is 62.4 Å². The number of aromatic nitrogens is 5. The van der Waals surface area contributed by atoms with E-state index in [4.69, 9.17) is 24.4 Å². The van der Waals surface area contributed by atoms with E-state index >= 15 is 0 Å². The monoisotopic (exact) mass is 667 g/mol. The zero-order chi connectivity index (χ0) is 34.4. The van der Waals surface area contributed by atoms with Crippen molar-refractivity contribution in [2.75, 3.05) is 0 Å². The summed E-state index contributed by atoms with van der Waals surface area (Å²) < 4.78 is 8.84. The molecule has 0 aliphatic rings. The topological polar surface area (TPSA) is 69.6 Å². The fraction of sp³-hybridized carbons (Fsp3) is 0. The maximum Gasteiger partial charge on any atom is 0.238 e. The first-order valence-corrected chi connectivity index (χ1v) is 17.2. The Balaban J connectivity index is 1.18. The van der Waals surface area contributed by atoms with E-state index < -0.39 is 0 Å². The fourth-order valence-electron chi connectivity index (χ4n) is 7.03. The molecule has 10 aromatic rings. The molecular formula is C46H29N5O. The summed E-state index contributed by atoms with van der Waals surface area (Å²) in [7, 11) is 0. The van der Waals surface area contributed by atoms with Gasteiger partial charge in [0.2, 0.25) is 11.8 Å². The number of hydrogen-bond donors (Lipinski definition) is 0. The highest BCUT2D eigenvalue weighted by Gasteiger charge is 2.21. The summed E-state index contributed by atoms with van der Waals surface area (Å²) in [5.41, 5.74) is 10.3. The third-order valence-electron chi connectivity index (χ3n) is 9.49. The van der Waals surface area contributed by atoms with Gasteiger partial charge >= 0.3 is 0 Å². The van der Waals surface area contributed by atoms with E-state index in [0.717, 1.165) is 66.3 Å². The summed E-state index contributed by atoms with van der Waals surface area (Å²) in [5, 5.41) is 2.27. The molecule has 0 saturated carbocycles. The first-order chi connectivity index (χ1) is 25.8. The SMILES string of the molecule is c1ccc(-c2cc(-c3ccccc3)cc(-c3nc4cccc(-c5nc(-c6ccccc6)nc(-n6c7ccccc7c7ccccc76)n5)c4o3)c2)cc1. The highest BCUT2D eigenvalue weighted by atomic mass is 16.3. The van der Waals surface area contributed by atoms with Crippen molar-refractivity contribution in [2.45, 2.75) is 0 Å². The minimum atomic E-state index is 0.502. The average molecular weight is 668 g/mol. The van der Waals surface area contributed by atoms with Gasteiger partial charge < -0.3 is 4.42 Å². The predicted molar refractivity (Wildman–Crippen MR) is 209 cm³/mol. The Hall–Kier alpha value is -7.18. The molecule has 0 unspecified atom stereocenters. The molecule has 244 valence electrons. The third-order valence-corrected chi connectivity index (χ3v) is 9.49. The van der Waals surface area contributed by atoms with Crippen LogP contribution in [0.4, 0.5) is 0 Å². The Morgan fingerprint density at radius 3 is 1.52 bits per heavy atom. The number of para-hydroxylation sites is 3. The molecule has 3 heterocycles. The Kier molecular flexibility index (Phi) is 7.03. The van der Waals surface area contributed by atoms with Crippen LogP contribution in [0.15, 0.2) is 180 Å². The van der Waals surface area contributed by atoms with Crippen molar-refractivity contribution in [1.29, 1.82) is 0 Å². The van der Waals surface area contributed by atoms with Gasteiger partial charge in [0.05, 0.1) is 16.6 Å². The number of rotatable bonds is 6. The first-order valence-electron chi connectivity index (χ1n) is 17.2. The van der Waals surface area contributed by atoms with Gasteiger partial charge in [-0.2, -0.15) is 9.97 Å². The van der Waals surface area contributed by atoms with Crippen LogP contribution in [0.1, 0.15) is 0 Å². The van der Waals surface area contributed by atoms with Crippen molar-refractivity contribution in [2.24, 2.45) is 0 Å². The molecule has 10 rings (SSSR count). The Bertz CT molecular complexity index is 2790. The van der Waals surface area contributed by atoms with Crippen LogP contribution in [0.2, 0.25) is 0 Å². The van der Waals surface area contributed by atoms with Crippen molar-refractivity contribution in [3.05, 3.63) is 176 Å². The standard InChI is InChI=1S/C46H29N5O/c1-4-15-30(16-5-1)33-27-34(31-17-6-2-7-18-31)29-35(28-33)45-47-39-24-14-23-38(42(39)52-45)44-48-43(32-19-8-3-9-20-32)49-46(50-44)51-40-25-12-10-21-36(40)37-22-11-13-26-41(37)51/h1-29H. The highest BCUT2D eigenvalue weighted by molar-refractivity contribution is 6.09. The van der Waals surface area contributed by atoms with E-state index in [2.05, 4.69) is 108 Å². The lowest BCUT2D eigenvalue weighted by molar-refractivity contribution is 0.620. The van der Waals surface area contributed by atoms with E-state index in [1.54, 1.807) is 0 Å². The molecule has 0 aliphatic carbocycles. The van der Waals surface area contributed by atoms with Crippen LogP contribution in [-0.2, 0) is 0 Å². The number of nitrogens with zero attached hydrogens (tertiary/aromatic N) is 5. The lowest BCUT2D eigenvalue weighted by Gasteiger charge is -2.11. The fourth-order valence-corrected chi connectivity index (χ4v) is 7.03. The molecule has 0 aliphatic heterocycles. The normalized spacial score (nSPS) is 11.5. The smallest absolute Gasteiger partial charge is 0.238 e. The lowest BCUT2D eigenvalue weighted by atomic mass is 9.96.